The van der Waals surface area contributed by atoms with Gasteiger partial charge in [0.15, 0.2) is 11.5 Å². The molecule has 0 bridgehead atoms. The monoisotopic (exact) mass is 267 g/mol. The van der Waals surface area contributed by atoms with E-state index in [1.54, 1.807) is 23.1 Å². The summed E-state index contributed by atoms with van der Waals surface area (Å²) >= 11 is 1.86. The van der Waals surface area contributed by atoms with Gasteiger partial charge in [0.25, 0.3) is 5.91 Å². The summed E-state index contributed by atoms with van der Waals surface area (Å²) in [7, 11) is 1.48. The third kappa shape index (κ3) is 2.72. The van der Waals surface area contributed by atoms with Gasteiger partial charge in [-0.05, 0) is 24.3 Å². The summed E-state index contributed by atoms with van der Waals surface area (Å²) in [5.74, 6) is 2.20. The molecule has 98 valence electrons. The maximum absolute atomic E-state index is 12.3. The predicted molar refractivity (Wildman–Crippen MR) is 72.5 cm³/mol. The van der Waals surface area contributed by atoms with Gasteiger partial charge in [-0.1, -0.05) is 6.07 Å². The molecule has 0 unspecified atom stereocenters. The van der Waals surface area contributed by atoms with Gasteiger partial charge in [0.05, 0.1) is 12.7 Å². The summed E-state index contributed by atoms with van der Waals surface area (Å²) in [5.41, 5.74) is 0.321. The van der Waals surface area contributed by atoms with Crippen LogP contribution >= 0.6 is 11.8 Å². The molecule has 1 heterocycles. The summed E-state index contributed by atoms with van der Waals surface area (Å²) in [6, 6.07) is 5.00. The van der Waals surface area contributed by atoms with Crippen LogP contribution in [0.2, 0.25) is 0 Å². The zero-order valence-corrected chi connectivity index (χ0v) is 11.2. The molecule has 0 aromatic heterocycles. The van der Waals surface area contributed by atoms with Crippen LogP contribution in [0.4, 0.5) is 0 Å². The molecular formula is C13H17NO3S. The zero-order chi connectivity index (χ0) is 13.0. The zero-order valence-electron chi connectivity index (χ0n) is 10.4. The minimum atomic E-state index is -0.117. The van der Waals surface area contributed by atoms with E-state index in [1.807, 2.05) is 11.8 Å². The quantitative estimate of drug-likeness (QED) is 0.890. The van der Waals surface area contributed by atoms with Crippen molar-refractivity contribution in [2.75, 3.05) is 31.7 Å². The van der Waals surface area contributed by atoms with Gasteiger partial charge in [0, 0.05) is 18.8 Å². The Balaban J connectivity index is 2.22. The molecule has 1 saturated heterocycles. The number of ether oxygens (including phenoxy) is 1. The predicted octanol–water partition coefficient (Wildman–Crippen LogP) is 1.98. The molecule has 0 radical (unpaired) electrons. The second-order valence-corrected chi connectivity index (χ2v) is 5.34. The normalized spacial score (nSPS) is 16.2. The van der Waals surface area contributed by atoms with E-state index in [0.29, 0.717) is 11.3 Å². The number of nitrogens with zero attached hydrogens (tertiary/aromatic N) is 1. The van der Waals surface area contributed by atoms with Gasteiger partial charge in [-0.2, -0.15) is 11.8 Å². The smallest absolute Gasteiger partial charge is 0.257 e. The second kappa shape index (κ2) is 6.00. The molecule has 2 rings (SSSR count). The molecule has 4 nitrogen and oxygen atoms in total. The lowest BCUT2D eigenvalue weighted by Gasteiger charge is -2.20. The minimum Gasteiger partial charge on any atom is -0.504 e. The van der Waals surface area contributed by atoms with E-state index in [2.05, 4.69) is 0 Å². The SMILES string of the molecule is COc1cccc(C(=O)N2CCCSCC2)c1O. The van der Waals surface area contributed by atoms with Crippen molar-refractivity contribution in [2.45, 2.75) is 6.42 Å². The first kappa shape index (κ1) is 13.1. The molecule has 1 fully saturated rings. The van der Waals surface area contributed by atoms with Crippen molar-refractivity contribution in [2.24, 2.45) is 0 Å². The van der Waals surface area contributed by atoms with Crippen molar-refractivity contribution in [1.82, 2.24) is 4.90 Å². The van der Waals surface area contributed by atoms with E-state index in [-0.39, 0.29) is 11.7 Å². The molecule has 5 heteroatoms. The highest BCUT2D eigenvalue weighted by molar-refractivity contribution is 7.99. The van der Waals surface area contributed by atoms with Crippen LogP contribution in [0.15, 0.2) is 18.2 Å². The number of benzene rings is 1. The Morgan fingerprint density at radius 1 is 1.39 bits per heavy atom. The highest BCUT2D eigenvalue weighted by Crippen LogP contribution is 2.30. The Kier molecular flexibility index (Phi) is 4.36. The van der Waals surface area contributed by atoms with Crippen LogP contribution in [0.3, 0.4) is 0 Å². The number of rotatable bonds is 2. The fourth-order valence-corrected chi connectivity index (χ4v) is 2.87. The molecule has 0 saturated carbocycles. The fraction of sp³-hybridized carbons (Fsp3) is 0.462. The third-order valence-electron chi connectivity index (χ3n) is 2.96. The highest BCUT2D eigenvalue weighted by Gasteiger charge is 2.21. The van der Waals surface area contributed by atoms with Crippen LogP contribution in [0.1, 0.15) is 16.8 Å². The van der Waals surface area contributed by atoms with Crippen molar-refractivity contribution in [3.8, 4) is 11.5 Å². The van der Waals surface area contributed by atoms with Crippen LogP contribution < -0.4 is 4.74 Å². The van der Waals surface area contributed by atoms with E-state index < -0.39 is 0 Å². The lowest BCUT2D eigenvalue weighted by atomic mass is 10.1. The number of hydrogen-bond acceptors (Lipinski definition) is 4. The first-order valence-electron chi connectivity index (χ1n) is 5.97. The topological polar surface area (TPSA) is 49.8 Å². The Bertz CT molecular complexity index is 428. The number of phenolic OH excluding ortho intramolecular Hbond substituents is 1. The van der Waals surface area contributed by atoms with Gasteiger partial charge in [-0.25, -0.2) is 0 Å². The number of carbonyl (C=O) groups is 1. The Labute approximate surface area is 111 Å². The van der Waals surface area contributed by atoms with E-state index in [0.717, 1.165) is 31.0 Å². The molecule has 0 aliphatic carbocycles. The summed E-state index contributed by atoms with van der Waals surface area (Å²) in [5, 5.41) is 9.98. The maximum Gasteiger partial charge on any atom is 0.257 e. The minimum absolute atomic E-state index is 0.0677. The molecular weight excluding hydrogens is 250 g/mol. The van der Waals surface area contributed by atoms with Crippen molar-refractivity contribution < 1.29 is 14.6 Å². The molecule has 18 heavy (non-hydrogen) atoms. The number of aromatic hydroxyl groups is 1. The van der Waals surface area contributed by atoms with Gasteiger partial charge in [0.1, 0.15) is 0 Å². The maximum atomic E-state index is 12.3. The first-order valence-corrected chi connectivity index (χ1v) is 7.12. The van der Waals surface area contributed by atoms with Crippen molar-refractivity contribution in [3.05, 3.63) is 23.8 Å². The molecule has 0 spiro atoms. The first-order chi connectivity index (χ1) is 8.74. The lowest BCUT2D eigenvalue weighted by molar-refractivity contribution is 0.0765. The summed E-state index contributed by atoms with van der Waals surface area (Å²) < 4.78 is 5.02. The molecule has 1 aliphatic rings. The van der Waals surface area contributed by atoms with Gasteiger partial charge >= 0.3 is 0 Å². The van der Waals surface area contributed by atoms with E-state index in [9.17, 15) is 9.90 Å². The fourth-order valence-electron chi connectivity index (χ4n) is 1.98. The van der Waals surface area contributed by atoms with Crippen LogP contribution in [0, 0.1) is 0 Å². The van der Waals surface area contributed by atoms with Gasteiger partial charge in [0.2, 0.25) is 0 Å². The average molecular weight is 267 g/mol. The van der Waals surface area contributed by atoms with Crippen LogP contribution in [0.5, 0.6) is 11.5 Å². The van der Waals surface area contributed by atoms with E-state index >= 15 is 0 Å². The van der Waals surface area contributed by atoms with Gasteiger partial charge < -0.3 is 14.7 Å². The van der Waals surface area contributed by atoms with E-state index in [4.69, 9.17) is 4.74 Å². The Morgan fingerprint density at radius 2 is 2.22 bits per heavy atom. The number of amides is 1. The average Bonchev–Trinajstić information content (AvgIpc) is 2.67. The summed E-state index contributed by atoms with van der Waals surface area (Å²) in [6.07, 6.45) is 1.00. The Hall–Kier alpha value is -1.36. The number of methoxy groups -OCH3 is 1. The van der Waals surface area contributed by atoms with Crippen molar-refractivity contribution in [1.29, 1.82) is 0 Å². The highest BCUT2D eigenvalue weighted by atomic mass is 32.2. The summed E-state index contributed by atoms with van der Waals surface area (Å²) in [6.45, 7) is 1.49. The number of carbonyl (C=O) groups excluding carboxylic acids is 1. The van der Waals surface area contributed by atoms with Gasteiger partial charge in [-0.15, -0.1) is 0 Å². The van der Waals surface area contributed by atoms with Crippen LogP contribution in [0.25, 0.3) is 0 Å². The van der Waals surface area contributed by atoms with Crippen LogP contribution in [-0.4, -0.2) is 47.6 Å². The number of para-hydroxylation sites is 1. The number of thioether (sulfide) groups is 1. The molecule has 1 aromatic carbocycles. The van der Waals surface area contributed by atoms with Crippen molar-refractivity contribution in [3.63, 3.8) is 0 Å². The van der Waals surface area contributed by atoms with Crippen molar-refractivity contribution >= 4 is 17.7 Å². The molecule has 1 N–H and O–H groups in total. The van der Waals surface area contributed by atoms with Crippen LogP contribution in [-0.2, 0) is 0 Å². The molecule has 1 aliphatic heterocycles. The largest absolute Gasteiger partial charge is 0.504 e. The molecule has 0 atom stereocenters. The number of hydrogen-bond donors (Lipinski definition) is 1. The molecule has 1 amide bonds. The standard InChI is InChI=1S/C13H17NO3S/c1-17-11-5-2-4-10(12(11)15)13(16)14-6-3-8-18-9-7-14/h2,4-5,15H,3,6-9H2,1H3. The molecule has 1 aromatic rings. The Morgan fingerprint density at radius 3 is 3.00 bits per heavy atom. The summed E-state index contributed by atoms with van der Waals surface area (Å²) in [4.78, 5) is 14.1. The lowest BCUT2D eigenvalue weighted by Crippen LogP contribution is -2.32. The van der Waals surface area contributed by atoms with Gasteiger partial charge in [-0.3, -0.25) is 4.79 Å². The number of phenols is 1. The second-order valence-electron chi connectivity index (χ2n) is 4.11. The van der Waals surface area contributed by atoms with E-state index in [1.165, 1.54) is 7.11 Å². The third-order valence-corrected chi connectivity index (χ3v) is 4.01.